The molecule has 4 N–H and O–H groups in total. The van der Waals surface area contributed by atoms with Gasteiger partial charge in [-0.05, 0) is 48.3 Å². The molecule has 4 atom stereocenters. The van der Waals surface area contributed by atoms with Gasteiger partial charge in [-0.2, -0.15) is 0 Å². The number of ether oxygens (including phenoxy) is 2. The Kier molecular flexibility index (Phi) is 14.9. The number of carbonyl (C=O) groups is 6. The SMILES string of the molecule is COC(=O)CC(/C=C/S(C)(=O)=O)NC(=O)[C@@H](NC(=O)[C@@H](NC(=O)[C@H](CC(C)=O)NC(=O)OCc1ccccc1)C1Cc2ccccc2C1)C(C)C. The molecule has 0 aliphatic heterocycles. The molecule has 276 valence electrons. The predicted octanol–water partition coefficient (Wildman–Crippen LogP) is 1.91. The smallest absolute Gasteiger partial charge is 0.408 e. The van der Waals surface area contributed by atoms with Crippen molar-refractivity contribution in [2.45, 2.75) is 77.2 Å². The van der Waals surface area contributed by atoms with Crippen molar-refractivity contribution >= 4 is 45.4 Å². The van der Waals surface area contributed by atoms with Gasteiger partial charge in [-0.15, -0.1) is 0 Å². The van der Waals surface area contributed by atoms with Gasteiger partial charge in [0.1, 0.15) is 30.5 Å². The van der Waals surface area contributed by atoms with Gasteiger partial charge in [0.25, 0.3) is 0 Å². The number of fused-ring (bicyclic) bond motifs is 1. The minimum atomic E-state index is -3.60. The van der Waals surface area contributed by atoms with E-state index < -0.39 is 81.4 Å². The Labute approximate surface area is 298 Å². The molecule has 3 rings (SSSR count). The van der Waals surface area contributed by atoms with E-state index in [4.69, 9.17) is 4.74 Å². The molecular weight excluding hydrogens is 680 g/mol. The fourth-order valence-electron chi connectivity index (χ4n) is 5.60. The van der Waals surface area contributed by atoms with Crippen LogP contribution in [0.15, 0.2) is 66.1 Å². The van der Waals surface area contributed by atoms with Gasteiger partial charge < -0.3 is 30.7 Å². The van der Waals surface area contributed by atoms with Gasteiger partial charge in [-0.25, -0.2) is 13.2 Å². The van der Waals surface area contributed by atoms with Crippen LogP contribution in [-0.2, 0) is 62.7 Å². The monoisotopic (exact) mass is 726 g/mol. The summed E-state index contributed by atoms with van der Waals surface area (Å²) >= 11 is 0. The summed E-state index contributed by atoms with van der Waals surface area (Å²) in [6.07, 6.45) is 1.28. The molecule has 0 heterocycles. The second-order valence-corrected chi connectivity index (χ2v) is 14.8. The standard InChI is InChI=1S/C36H46N4O10S/c1-22(2)31(34(44)37-28(20-30(42)49-4)15-16-51(5,47)48)39-35(45)32(27-18-25-13-9-10-14-26(25)19-27)40-33(43)29(17-23(3)41)38-36(46)50-21-24-11-7-6-8-12-24/h6-16,22,27-29,31-32H,17-21H2,1-5H3,(H,37,44)(H,38,46)(H,39,45)(H,40,43)/b16-15+/t28?,29-,31-,32-/m0/s1. The third-order valence-electron chi connectivity index (χ3n) is 8.19. The zero-order chi connectivity index (χ0) is 37.7. The number of nitrogens with one attached hydrogen (secondary N) is 4. The van der Waals surface area contributed by atoms with Gasteiger partial charge in [0.15, 0.2) is 9.84 Å². The second-order valence-electron chi connectivity index (χ2n) is 12.9. The van der Waals surface area contributed by atoms with E-state index >= 15 is 0 Å². The van der Waals surface area contributed by atoms with E-state index in [2.05, 4.69) is 26.0 Å². The lowest BCUT2D eigenvalue weighted by Crippen LogP contribution is -2.60. The molecule has 15 heteroatoms. The molecule has 0 bridgehead atoms. The van der Waals surface area contributed by atoms with Crippen molar-refractivity contribution in [1.29, 1.82) is 0 Å². The molecule has 1 unspecified atom stereocenters. The number of methoxy groups -OCH3 is 1. The van der Waals surface area contributed by atoms with Crippen LogP contribution in [0.25, 0.3) is 0 Å². The van der Waals surface area contributed by atoms with E-state index in [1.807, 2.05) is 30.3 Å². The van der Waals surface area contributed by atoms with Gasteiger partial charge in [-0.3, -0.25) is 24.0 Å². The molecule has 14 nitrogen and oxygen atoms in total. The van der Waals surface area contributed by atoms with Crippen molar-refractivity contribution in [3.05, 3.63) is 82.8 Å². The number of sulfone groups is 1. The molecule has 2 aromatic carbocycles. The van der Waals surface area contributed by atoms with E-state index in [-0.39, 0.29) is 19.4 Å². The van der Waals surface area contributed by atoms with Crippen molar-refractivity contribution < 1.29 is 46.7 Å². The maximum absolute atomic E-state index is 14.1. The lowest BCUT2D eigenvalue weighted by Gasteiger charge is -2.30. The number of rotatable bonds is 17. The highest BCUT2D eigenvalue weighted by Crippen LogP contribution is 2.29. The summed E-state index contributed by atoms with van der Waals surface area (Å²) in [5.41, 5.74) is 2.68. The summed E-state index contributed by atoms with van der Waals surface area (Å²) in [6, 6.07) is 11.6. The molecule has 2 aromatic rings. The number of ketones is 1. The maximum atomic E-state index is 14.1. The highest BCUT2D eigenvalue weighted by molar-refractivity contribution is 7.93. The van der Waals surface area contributed by atoms with E-state index in [1.54, 1.807) is 38.1 Å². The third kappa shape index (κ3) is 13.3. The molecule has 0 fully saturated rings. The molecule has 4 amide bonds. The predicted molar refractivity (Wildman–Crippen MR) is 187 cm³/mol. The average Bonchev–Trinajstić information content (AvgIpc) is 3.50. The molecule has 0 saturated carbocycles. The first-order chi connectivity index (χ1) is 24.1. The Morgan fingerprint density at radius 3 is 1.98 bits per heavy atom. The van der Waals surface area contributed by atoms with Crippen LogP contribution in [0.4, 0.5) is 4.79 Å². The summed E-state index contributed by atoms with van der Waals surface area (Å²) in [4.78, 5) is 78.2. The number of amides is 4. The average molecular weight is 727 g/mol. The third-order valence-corrected chi connectivity index (χ3v) is 8.85. The summed E-state index contributed by atoms with van der Waals surface area (Å²) < 4.78 is 33.4. The summed E-state index contributed by atoms with van der Waals surface area (Å²) in [6.45, 7) is 4.55. The first kappa shape index (κ1) is 40.4. The van der Waals surface area contributed by atoms with Crippen molar-refractivity contribution in [3.63, 3.8) is 0 Å². The van der Waals surface area contributed by atoms with E-state index in [0.29, 0.717) is 18.4 Å². The molecule has 0 aromatic heterocycles. The summed E-state index contributed by atoms with van der Waals surface area (Å²) in [7, 11) is -2.44. The summed E-state index contributed by atoms with van der Waals surface area (Å²) in [5.74, 6) is -4.24. The van der Waals surface area contributed by atoms with Crippen LogP contribution in [0.5, 0.6) is 0 Å². The minimum Gasteiger partial charge on any atom is -0.469 e. The van der Waals surface area contributed by atoms with Gasteiger partial charge >= 0.3 is 12.1 Å². The van der Waals surface area contributed by atoms with Crippen molar-refractivity contribution in [2.75, 3.05) is 13.4 Å². The fourth-order valence-corrected chi connectivity index (χ4v) is 6.08. The van der Waals surface area contributed by atoms with E-state index in [0.717, 1.165) is 36.0 Å². The van der Waals surface area contributed by atoms with Gasteiger partial charge in [0, 0.05) is 18.1 Å². The first-order valence-electron chi connectivity index (χ1n) is 16.5. The van der Waals surface area contributed by atoms with E-state index in [9.17, 15) is 37.2 Å². The molecular formula is C36H46N4O10S. The number of benzene rings is 2. The topological polar surface area (TPSA) is 203 Å². The minimum absolute atomic E-state index is 0.0738. The number of hydrogen-bond donors (Lipinski definition) is 4. The zero-order valence-corrected chi connectivity index (χ0v) is 30.2. The number of alkyl carbamates (subject to hydrolysis) is 1. The molecule has 0 spiro atoms. The van der Waals surface area contributed by atoms with Crippen LogP contribution >= 0.6 is 0 Å². The van der Waals surface area contributed by atoms with Crippen LogP contribution in [0, 0.1) is 11.8 Å². The van der Waals surface area contributed by atoms with Gasteiger partial charge in [-0.1, -0.05) is 74.5 Å². The maximum Gasteiger partial charge on any atom is 0.408 e. The second kappa shape index (κ2) is 18.8. The van der Waals surface area contributed by atoms with Crippen LogP contribution in [-0.4, -0.2) is 81.5 Å². The van der Waals surface area contributed by atoms with Crippen LogP contribution in [0.1, 0.15) is 50.3 Å². The quantitative estimate of drug-likeness (QED) is 0.175. The summed E-state index contributed by atoms with van der Waals surface area (Å²) in [5, 5.41) is 11.3. The first-order valence-corrected chi connectivity index (χ1v) is 18.4. The van der Waals surface area contributed by atoms with Crippen LogP contribution in [0.2, 0.25) is 0 Å². The van der Waals surface area contributed by atoms with Crippen molar-refractivity contribution in [2.24, 2.45) is 11.8 Å². The van der Waals surface area contributed by atoms with Gasteiger partial charge in [0.2, 0.25) is 17.7 Å². The Morgan fingerprint density at radius 1 is 0.824 bits per heavy atom. The number of esters is 1. The van der Waals surface area contributed by atoms with Crippen molar-refractivity contribution in [3.8, 4) is 0 Å². The molecule has 0 radical (unpaired) electrons. The van der Waals surface area contributed by atoms with Crippen molar-refractivity contribution in [1.82, 2.24) is 21.3 Å². The highest BCUT2D eigenvalue weighted by Gasteiger charge is 2.38. The Hall–Kier alpha value is -5.05. The molecule has 51 heavy (non-hydrogen) atoms. The largest absolute Gasteiger partial charge is 0.469 e. The normalized spacial score (nSPS) is 15.2. The lowest BCUT2D eigenvalue weighted by molar-refractivity contribution is -0.141. The molecule has 0 saturated heterocycles. The molecule has 1 aliphatic carbocycles. The zero-order valence-electron chi connectivity index (χ0n) is 29.3. The fraction of sp³-hybridized carbons (Fsp3) is 0.444. The number of Topliss-reactive ketones (excluding diaryl/α,β-unsaturated/α-hetero) is 1. The Bertz CT molecular complexity index is 1690. The highest BCUT2D eigenvalue weighted by atomic mass is 32.2. The van der Waals surface area contributed by atoms with E-state index in [1.165, 1.54) is 6.92 Å². The number of carbonyl (C=O) groups excluding carboxylic acids is 6. The lowest BCUT2D eigenvalue weighted by atomic mass is 9.93. The van der Waals surface area contributed by atoms with Crippen LogP contribution in [0.3, 0.4) is 0 Å². The number of hydrogen-bond acceptors (Lipinski definition) is 10. The van der Waals surface area contributed by atoms with Gasteiger partial charge in [0.05, 0.1) is 19.6 Å². The van der Waals surface area contributed by atoms with Crippen LogP contribution < -0.4 is 21.3 Å². The molecule has 1 aliphatic rings. The Morgan fingerprint density at radius 2 is 1.43 bits per heavy atom. The Balaban J connectivity index is 1.84.